The number of para-hydroxylation sites is 2. The van der Waals surface area contributed by atoms with E-state index in [0.29, 0.717) is 30.0 Å². The van der Waals surface area contributed by atoms with Gasteiger partial charge < -0.3 is 9.64 Å². The first-order valence-corrected chi connectivity index (χ1v) is 12.9. The summed E-state index contributed by atoms with van der Waals surface area (Å²) in [5, 5.41) is 0. The summed E-state index contributed by atoms with van der Waals surface area (Å²) in [6, 6.07) is 22.0. The Hall–Kier alpha value is -4.66. The van der Waals surface area contributed by atoms with E-state index in [1.165, 1.54) is 12.0 Å². The van der Waals surface area contributed by atoms with E-state index in [2.05, 4.69) is 0 Å². The summed E-state index contributed by atoms with van der Waals surface area (Å²) < 4.78 is 8.72. The van der Waals surface area contributed by atoms with Crippen molar-refractivity contribution in [1.82, 2.24) is 14.0 Å². The molecule has 1 aromatic heterocycles. The van der Waals surface area contributed by atoms with E-state index in [1.807, 2.05) is 54.6 Å². The number of carbonyl (C=O) groups is 3. The van der Waals surface area contributed by atoms with E-state index in [4.69, 9.17) is 4.74 Å². The maximum Gasteiger partial charge on any atom is 0.328 e. The smallest absolute Gasteiger partial charge is 0.328 e. The third-order valence-corrected chi connectivity index (χ3v) is 7.89. The molecule has 2 aliphatic heterocycles. The van der Waals surface area contributed by atoms with Crippen molar-refractivity contribution in [2.75, 3.05) is 18.6 Å². The molecule has 1 saturated heterocycles. The minimum absolute atomic E-state index is 0.108. The Balaban J connectivity index is 1.31. The third kappa shape index (κ3) is 3.68. The number of nitrogens with zero attached hydrogens (tertiary/aromatic N) is 4. The van der Waals surface area contributed by atoms with E-state index in [-0.39, 0.29) is 31.1 Å². The topological polar surface area (TPSA) is 93.8 Å². The van der Waals surface area contributed by atoms with Gasteiger partial charge in [0.1, 0.15) is 5.75 Å². The maximum absolute atomic E-state index is 14.1. The number of imidazole rings is 1. The second-order valence-corrected chi connectivity index (χ2v) is 10.0. The standard InChI is InChI=1S/C30H28N4O5/c1-31-24-11-6-7-12-25(24)33(29(31)38)16-8-15-32-23-14-13-21(39-2)17-22(23)30(27(32)36)18-26(35)34(28(30)37)19-20-9-4-3-5-10-20/h3-7,9-14,17H,8,15-16,18-19H2,1-2H3. The number of carbonyl (C=O) groups excluding carboxylic acids is 3. The number of ether oxygens (including phenoxy) is 1. The number of imide groups is 1. The normalized spacial score (nSPS) is 18.6. The van der Waals surface area contributed by atoms with Crippen molar-refractivity contribution in [2.45, 2.75) is 31.3 Å². The highest BCUT2D eigenvalue weighted by molar-refractivity contribution is 6.28. The Kier molecular flexibility index (Phi) is 5.86. The number of methoxy groups -OCH3 is 1. The van der Waals surface area contributed by atoms with E-state index >= 15 is 0 Å². The van der Waals surface area contributed by atoms with Crippen LogP contribution in [-0.2, 0) is 39.9 Å². The second-order valence-electron chi connectivity index (χ2n) is 10.0. The van der Waals surface area contributed by atoms with Crippen LogP contribution in [0.15, 0.2) is 77.6 Å². The van der Waals surface area contributed by atoms with Crippen LogP contribution >= 0.6 is 0 Å². The molecule has 9 heteroatoms. The van der Waals surface area contributed by atoms with Crippen LogP contribution < -0.4 is 15.3 Å². The number of aromatic nitrogens is 2. The van der Waals surface area contributed by atoms with Crippen LogP contribution in [0.5, 0.6) is 5.75 Å². The van der Waals surface area contributed by atoms with E-state index in [1.54, 1.807) is 39.3 Å². The predicted molar refractivity (Wildman–Crippen MR) is 145 cm³/mol. The molecule has 4 aromatic rings. The molecule has 1 atom stereocenters. The van der Waals surface area contributed by atoms with Crippen LogP contribution in [0.1, 0.15) is 24.0 Å². The van der Waals surface area contributed by atoms with Crippen molar-refractivity contribution in [3.63, 3.8) is 0 Å². The SMILES string of the molecule is COc1ccc2c(c1)C1(CC(=O)N(Cc3ccccc3)C1=O)C(=O)N2CCCn1c(=O)n(C)c2ccccc21. The first-order valence-electron chi connectivity index (χ1n) is 12.9. The molecule has 0 aliphatic carbocycles. The molecular formula is C30H28N4O5. The average Bonchev–Trinajstić information content (AvgIpc) is 3.46. The van der Waals surface area contributed by atoms with Crippen LogP contribution in [0.3, 0.4) is 0 Å². The van der Waals surface area contributed by atoms with Gasteiger partial charge in [-0.3, -0.25) is 28.4 Å². The van der Waals surface area contributed by atoms with E-state index in [0.717, 1.165) is 16.6 Å². The summed E-state index contributed by atoms with van der Waals surface area (Å²) in [5.74, 6) is -0.796. The highest BCUT2D eigenvalue weighted by Gasteiger charge is 2.63. The van der Waals surface area contributed by atoms with Gasteiger partial charge in [-0.25, -0.2) is 4.79 Å². The highest BCUT2D eigenvalue weighted by Crippen LogP contribution is 2.50. The molecule has 1 fully saturated rings. The Labute approximate surface area is 224 Å². The molecule has 0 bridgehead atoms. The minimum atomic E-state index is -1.62. The Morgan fingerprint density at radius 3 is 2.26 bits per heavy atom. The molecule has 0 saturated carbocycles. The summed E-state index contributed by atoms with van der Waals surface area (Å²) >= 11 is 0. The van der Waals surface area contributed by atoms with Gasteiger partial charge in [-0.15, -0.1) is 0 Å². The molecular weight excluding hydrogens is 496 g/mol. The summed E-state index contributed by atoms with van der Waals surface area (Å²) in [4.78, 5) is 56.8. The number of hydrogen-bond donors (Lipinski definition) is 0. The number of fused-ring (bicyclic) bond motifs is 3. The zero-order valence-corrected chi connectivity index (χ0v) is 21.8. The van der Waals surface area contributed by atoms with Crippen molar-refractivity contribution in [1.29, 1.82) is 0 Å². The van der Waals surface area contributed by atoms with Gasteiger partial charge in [0.2, 0.25) is 17.7 Å². The fraction of sp³-hybridized carbons (Fsp3) is 0.267. The molecule has 1 spiro atoms. The summed E-state index contributed by atoms with van der Waals surface area (Å²) in [6.45, 7) is 0.794. The highest BCUT2D eigenvalue weighted by atomic mass is 16.5. The lowest BCUT2D eigenvalue weighted by Gasteiger charge is -2.22. The summed E-state index contributed by atoms with van der Waals surface area (Å²) in [6.07, 6.45) is 0.258. The van der Waals surface area contributed by atoms with Crippen LogP contribution in [0.4, 0.5) is 5.69 Å². The van der Waals surface area contributed by atoms with Crippen LogP contribution in [0.2, 0.25) is 0 Å². The van der Waals surface area contributed by atoms with Crippen molar-refractivity contribution >= 4 is 34.4 Å². The Morgan fingerprint density at radius 2 is 1.51 bits per heavy atom. The van der Waals surface area contributed by atoms with Gasteiger partial charge in [-0.1, -0.05) is 42.5 Å². The van der Waals surface area contributed by atoms with Gasteiger partial charge in [0.15, 0.2) is 5.41 Å². The molecule has 198 valence electrons. The first kappa shape index (κ1) is 24.7. The fourth-order valence-corrected chi connectivity index (χ4v) is 5.91. The van der Waals surface area contributed by atoms with Gasteiger partial charge in [0, 0.05) is 31.4 Å². The molecule has 39 heavy (non-hydrogen) atoms. The largest absolute Gasteiger partial charge is 0.497 e. The lowest BCUT2D eigenvalue weighted by atomic mass is 9.80. The molecule has 3 amide bonds. The van der Waals surface area contributed by atoms with Crippen molar-refractivity contribution in [3.05, 3.63) is 94.4 Å². The molecule has 0 radical (unpaired) electrons. The fourth-order valence-electron chi connectivity index (χ4n) is 5.91. The lowest BCUT2D eigenvalue weighted by molar-refractivity contribution is -0.142. The molecule has 3 heterocycles. The number of anilines is 1. The predicted octanol–water partition coefficient (Wildman–Crippen LogP) is 2.98. The first-order chi connectivity index (χ1) is 18.9. The quantitative estimate of drug-likeness (QED) is 0.274. The summed E-state index contributed by atoms with van der Waals surface area (Å²) in [7, 11) is 3.26. The molecule has 9 nitrogen and oxygen atoms in total. The van der Waals surface area contributed by atoms with Crippen LogP contribution in [0.25, 0.3) is 11.0 Å². The van der Waals surface area contributed by atoms with E-state index < -0.39 is 17.2 Å². The third-order valence-electron chi connectivity index (χ3n) is 7.89. The monoisotopic (exact) mass is 524 g/mol. The number of hydrogen-bond acceptors (Lipinski definition) is 5. The van der Waals surface area contributed by atoms with Crippen LogP contribution in [0, 0.1) is 0 Å². The lowest BCUT2D eigenvalue weighted by Crippen LogP contribution is -2.46. The second kappa shape index (κ2) is 9.27. The average molecular weight is 525 g/mol. The molecule has 3 aromatic carbocycles. The zero-order valence-electron chi connectivity index (χ0n) is 21.8. The Morgan fingerprint density at radius 1 is 0.821 bits per heavy atom. The molecule has 0 N–H and O–H groups in total. The summed E-state index contributed by atoms with van der Waals surface area (Å²) in [5.41, 5.74) is 1.81. The number of aryl methyl sites for hydroxylation is 2. The van der Waals surface area contributed by atoms with Gasteiger partial charge in [-0.05, 0) is 42.3 Å². The van der Waals surface area contributed by atoms with Crippen molar-refractivity contribution < 1.29 is 19.1 Å². The maximum atomic E-state index is 14.1. The van der Waals surface area contributed by atoms with Crippen molar-refractivity contribution in [3.8, 4) is 5.75 Å². The van der Waals surface area contributed by atoms with Gasteiger partial charge in [0.25, 0.3) is 0 Å². The van der Waals surface area contributed by atoms with Crippen LogP contribution in [-0.4, -0.2) is 45.4 Å². The number of rotatable bonds is 7. The van der Waals surface area contributed by atoms with Gasteiger partial charge in [0.05, 0.1) is 31.1 Å². The Bertz CT molecular complexity index is 1690. The van der Waals surface area contributed by atoms with Gasteiger partial charge in [-0.2, -0.15) is 0 Å². The number of likely N-dealkylation sites (tertiary alicyclic amines) is 1. The van der Waals surface area contributed by atoms with Gasteiger partial charge >= 0.3 is 5.69 Å². The number of benzene rings is 3. The van der Waals surface area contributed by atoms with Crippen molar-refractivity contribution in [2.24, 2.45) is 7.05 Å². The minimum Gasteiger partial charge on any atom is -0.497 e. The molecule has 2 aliphatic rings. The van der Waals surface area contributed by atoms with E-state index in [9.17, 15) is 19.2 Å². The molecule has 6 rings (SSSR count). The number of amides is 3. The molecule has 1 unspecified atom stereocenters. The zero-order chi connectivity index (χ0) is 27.3.